The minimum atomic E-state index is -0.802. The van der Waals surface area contributed by atoms with Crippen molar-refractivity contribution in [2.45, 2.75) is 39.5 Å². The maximum Gasteiger partial charge on any atom is 0.303 e. The van der Waals surface area contributed by atoms with Crippen LogP contribution in [0, 0.1) is 11.3 Å². The highest BCUT2D eigenvalue weighted by Gasteiger charge is 2.39. The molecule has 104 valence electrons. The van der Waals surface area contributed by atoms with Crippen LogP contribution in [0.15, 0.2) is 0 Å². The summed E-state index contributed by atoms with van der Waals surface area (Å²) in [6.45, 7) is 6.05. The van der Waals surface area contributed by atoms with Gasteiger partial charge in [-0.25, -0.2) is 0 Å². The molecular weight excluding hydrogens is 232 g/mol. The van der Waals surface area contributed by atoms with Gasteiger partial charge < -0.3 is 15.7 Å². The summed E-state index contributed by atoms with van der Waals surface area (Å²) in [7, 11) is 0. The molecule has 5 nitrogen and oxygen atoms in total. The van der Waals surface area contributed by atoms with Crippen molar-refractivity contribution >= 4 is 11.9 Å². The summed E-state index contributed by atoms with van der Waals surface area (Å²) in [5.41, 5.74) is -0.290. The molecule has 1 heterocycles. The van der Waals surface area contributed by atoms with E-state index in [-0.39, 0.29) is 23.7 Å². The van der Waals surface area contributed by atoms with E-state index < -0.39 is 5.97 Å². The van der Waals surface area contributed by atoms with E-state index in [1.807, 2.05) is 13.8 Å². The van der Waals surface area contributed by atoms with Gasteiger partial charge >= 0.3 is 5.97 Å². The van der Waals surface area contributed by atoms with Gasteiger partial charge in [0.15, 0.2) is 0 Å². The first-order chi connectivity index (χ1) is 8.54. The van der Waals surface area contributed by atoms with Gasteiger partial charge in [-0.05, 0) is 25.3 Å². The van der Waals surface area contributed by atoms with Crippen LogP contribution in [0.1, 0.15) is 39.5 Å². The number of carbonyl (C=O) groups is 2. The Balaban J connectivity index is 2.46. The van der Waals surface area contributed by atoms with Gasteiger partial charge in [0, 0.05) is 19.5 Å². The molecule has 0 aromatic carbocycles. The fourth-order valence-electron chi connectivity index (χ4n) is 2.43. The lowest BCUT2D eigenvalue weighted by molar-refractivity contribution is -0.138. The predicted molar refractivity (Wildman–Crippen MR) is 69.3 cm³/mol. The van der Waals surface area contributed by atoms with Gasteiger partial charge in [0.1, 0.15) is 0 Å². The van der Waals surface area contributed by atoms with Crippen LogP contribution < -0.4 is 10.6 Å². The second-order valence-corrected chi connectivity index (χ2v) is 5.14. The van der Waals surface area contributed by atoms with Gasteiger partial charge in [0.25, 0.3) is 0 Å². The third-order valence-electron chi connectivity index (χ3n) is 3.99. The van der Waals surface area contributed by atoms with Crippen LogP contribution >= 0.6 is 0 Å². The fourth-order valence-corrected chi connectivity index (χ4v) is 2.43. The van der Waals surface area contributed by atoms with Crippen molar-refractivity contribution in [1.29, 1.82) is 0 Å². The molecule has 1 aliphatic heterocycles. The molecule has 18 heavy (non-hydrogen) atoms. The van der Waals surface area contributed by atoms with E-state index in [1.54, 1.807) is 0 Å². The van der Waals surface area contributed by atoms with Gasteiger partial charge in [0.2, 0.25) is 5.91 Å². The smallest absolute Gasteiger partial charge is 0.303 e. The Bertz CT molecular complexity index is 299. The zero-order chi connectivity index (χ0) is 13.6. The van der Waals surface area contributed by atoms with Crippen LogP contribution in [0.3, 0.4) is 0 Å². The number of rotatable bonds is 7. The molecule has 1 rings (SSSR count). The van der Waals surface area contributed by atoms with Crippen molar-refractivity contribution in [3.8, 4) is 0 Å². The van der Waals surface area contributed by atoms with Crippen LogP contribution in [0.4, 0.5) is 0 Å². The quantitative estimate of drug-likeness (QED) is 0.635. The SMILES string of the molecule is CCC(CNC(=O)C1(CC)CCNC1)CC(=O)O. The lowest BCUT2D eigenvalue weighted by atomic mass is 9.83. The van der Waals surface area contributed by atoms with Crippen molar-refractivity contribution in [2.24, 2.45) is 11.3 Å². The van der Waals surface area contributed by atoms with E-state index >= 15 is 0 Å². The summed E-state index contributed by atoms with van der Waals surface area (Å²) in [5, 5.41) is 14.9. The predicted octanol–water partition coefficient (Wildman–Crippen LogP) is 0.993. The molecule has 0 aromatic rings. The molecule has 2 atom stereocenters. The van der Waals surface area contributed by atoms with E-state index in [0.29, 0.717) is 6.54 Å². The Hall–Kier alpha value is -1.10. The standard InChI is InChI=1S/C13H24N2O3/c1-3-10(7-11(16)17)8-15-12(18)13(4-2)5-6-14-9-13/h10,14H,3-9H2,1-2H3,(H,15,18)(H,16,17). The van der Waals surface area contributed by atoms with Crippen LogP contribution in [0.25, 0.3) is 0 Å². The monoisotopic (exact) mass is 256 g/mol. The Labute approximate surface area is 108 Å². The molecule has 1 aliphatic rings. The van der Waals surface area contributed by atoms with E-state index in [9.17, 15) is 9.59 Å². The normalized spacial score (nSPS) is 24.8. The summed E-state index contributed by atoms with van der Waals surface area (Å²) in [6, 6.07) is 0. The first-order valence-electron chi connectivity index (χ1n) is 6.75. The van der Waals surface area contributed by atoms with Crippen LogP contribution in [-0.4, -0.2) is 36.6 Å². The molecule has 3 N–H and O–H groups in total. The molecule has 0 aliphatic carbocycles. The van der Waals surface area contributed by atoms with Gasteiger partial charge in [0.05, 0.1) is 5.41 Å². The van der Waals surface area contributed by atoms with Crippen molar-refractivity contribution < 1.29 is 14.7 Å². The molecule has 0 bridgehead atoms. The van der Waals surface area contributed by atoms with Crippen LogP contribution in [0.2, 0.25) is 0 Å². The van der Waals surface area contributed by atoms with Gasteiger partial charge in [-0.15, -0.1) is 0 Å². The number of hydrogen-bond acceptors (Lipinski definition) is 3. The molecule has 0 spiro atoms. The Morgan fingerprint density at radius 3 is 2.61 bits per heavy atom. The number of carboxylic acids is 1. The number of nitrogens with one attached hydrogen (secondary N) is 2. The van der Waals surface area contributed by atoms with Crippen molar-refractivity contribution in [1.82, 2.24) is 10.6 Å². The molecule has 5 heteroatoms. The zero-order valence-electron chi connectivity index (χ0n) is 11.3. The fraction of sp³-hybridized carbons (Fsp3) is 0.846. The van der Waals surface area contributed by atoms with E-state index in [0.717, 1.165) is 32.4 Å². The van der Waals surface area contributed by atoms with Crippen LogP contribution in [0.5, 0.6) is 0 Å². The number of carboxylic acid groups (broad SMARTS) is 1. The van der Waals surface area contributed by atoms with E-state index in [1.165, 1.54) is 0 Å². The second kappa shape index (κ2) is 6.73. The summed E-state index contributed by atoms with van der Waals surface area (Å²) in [4.78, 5) is 22.9. The Kier molecular flexibility index (Phi) is 5.59. The number of aliphatic carboxylic acids is 1. The summed E-state index contributed by atoms with van der Waals surface area (Å²) in [5.74, 6) is -0.711. The van der Waals surface area contributed by atoms with Crippen molar-refractivity contribution in [3.63, 3.8) is 0 Å². The van der Waals surface area contributed by atoms with Gasteiger partial charge in [-0.1, -0.05) is 20.3 Å². The van der Waals surface area contributed by atoms with Gasteiger partial charge in [-0.2, -0.15) is 0 Å². The molecular formula is C13H24N2O3. The van der Waals surface area contributed by atoms with E-state index in [4.69, 9.17) is 5.11 Å². The average Bonchev–Trinajstić information content (AvgIpc) is 2.83. The number of hydrogen-bond donors (Lipinski definition) is 3. The molecule has 1 fully saturated rings. The molecule has 2 unspecified atom stereocenters. The maximum absolute atomic E-state index is 12.2. The molecule has 0 aromatic heterocycles. The summed E-state index contributed by atoms with van der Waals surface area (Å²) < 4.78 is 0. The highest BCUT2D eigenvalue weighted by atomic mass is 16.4. The minimum Gasteiger partial charge on any atom is -0.481 e. The van der Waals surface area contributed by atoms with Crippen LogP contribution in [-0.2, 0) is 9.59 Å². The third kappa shape index (κ3) is 3.70. The molecule has 1 saturated heterocycles. The van der Waals surface area contributed by atoms with Crippen molar-refractivity contribution in [2.75, 3.05) is 19.6 Å². The van der Waals surface area contributed by atoms with Crippen molar-refractivity contribution in [3.05, 3.63) is 0 Å². The number of amides is 1. The highest BCUT2D eigenvalue weighted by molar-refractivity contribution is 5.83. The second-order valence-electron chi connectivity index (χ2n) is 5.14. The maximum atomic E-state index is 12.2. The Morgan fingerprint density at radius 2 is 2.17 bits per heavy atom. The first kappa shape index (κ1) is 15.0. The lowest BCUT2D eigenvalue weighted by Crippen LogP contribution is -2.44. The molecule has 0 radical (unpaired) electrons. The third-order valence-corrected chi connectivity index (χ3v) is 3.99. The average molecular weight is 256 g/mol. The lowest BCUT2D eigenvalue weighted by Gasteiger charge is -2.26. The first-order valence-corrected chi connectivity index (χ1v) is 6.75. The van der Waals surface area contributed by atoms with E-state index in [2.05, 4.69) is 10.6 Å². The Morgan fingerprint density at radius 1 is 1.44 bits per heavy atom. The molecule has 1 amide bonds. The molecule has 0 saturated carbocycles. The summed E-state index contributed by atoms with van der Waals surface area (Å²) >= 11 is 0. The van der Waals surface area contributed by atoms with Gasteiger partial charge in [-0.3, -0.25) is 9.59 Å². The zero-order valence-corrected chi connectivity index (χ0v) is 11.3. The number of carbonyl (C=O) groups excluding carboxylic acids is 1. The minimum absolute atomic E-state index is 0.0229. The summed E-state index contributed by atoms with van der Waals surface area (Å²) in [6.07, 6.45) is 2.57. The topological polar surface area (TPSA) is 78.4 Å². The largest absolute Gasteiger partial charge is 0.481 e. The highest BCUT2D eigenvalue weighted by Crippen LogP contribution is 2.29.